The number of likely N-dealkylation sites (N-methyl/N-ethyl adjacent to an activating group) is 1. The van der Waals surface area contributed by atoms with Crippen LogP contribution in [-0.4, -0.2) is 63.9 Å². The molecular formula is C9H18N6O2. The maximum absolute atomic E-state index is 11.6. The van der Waals surface area contributed by atoms with Gasteiger partial charge in [-0.3, -0.25) is 9.89 Å². The summed E-state index contributed by atoms with van der Waals surface area (Å²) in [6.07, 6.45) is 0. The Morgan fingerprint density at radius 3 is 2.76 bits per heavy atom. The molecule has 0 saturated carbocycles. The van der Waals surface area contributed by atoms with Crippen LogP contribution < -0.4 is 11.1 Å². The predicted molar refractivity (Wildman–Crippen MR) is 62.3 cm³/mol. The zero-order valence-corrected chi connectivity index (χ0v) is 10.2. The summed E-state index contributed by atoms with van der Waals surface area (Å²) in [5.41, 5.74) is 4.27. The van der Waals surface area contributed by atoms with E-state index in [-0.39, 0.29) is 18.3 Å². The van der Waals surface area contributed by atoms with Crippen molar-refractivity contribution in [1.82, 2.24) is 25.4 Å². The zero-order valence-electron chi connectivity index (χ0n) is 10.2. The van der Waals surface area contributed by atoms with E-state index >= 15 is 0 Å². The van der Waals surface area contributed by atoms with Gasteiger partial charge in [-0.25, -0.2) is 0 Å². The molecule has 96 valence electrons. The van der Waals surface area contributed by atoms with Crippen LogP contribution in [0.15, 0.2) is 0 Å². The van der Waals surface area contributed by atoms with Gasteiger partial charge in [0.05, 0.1) is 5.60 Å². The average molecular weight is 242 g/mol. The van der Waals surface area contributed by atoms with Crippen LogP contribution in [0.4, 0.5) is 5.95 Å². The number of hydrogen-bond acceptors (Lipinski definition) is 6. The molecule has 1 unspecified atom stereocenters. The van der Waals surface area contributed by atoms with Gasteiger partial charge in [0.25, 0.3) is 5.91 Å². The third-order valence-corrected chi connectivity index (χ3v) is 2.00. The van der Waals surface area contributed by atoms with E-state index in [4.69, 9.17) is 5.73 Å². The van der Waals surface area contributed by atoms with Gasteiger partial charge in [-0.1, -0.05) is 0 Å². The monoisotopic (exact) mass is 242 g/mol. The molecule has 0 spiro atoms. The molecule has 0 saturated heterocycles. The maximum Gasteiger partial charge on any atom is 0.288 e. The number of carbonyl (C=O) groups excluding carboxylic acids is 1. The molecule has 0 fully saturated rings. The Morgan fingerprint density at radius 2 is 2.29 bits per heavy atom. The second kappa shape index (κ2) is 5.11. The molecule has 0 aliphatic carbocycles. The van der Waals surface area contributed by atoms with Gasteiger partial charge in [0.15, 0.2) is 0 Å². The number of aromatic nitrogens is 3. The molecule has 1 atom stereocenters. The van der Waals surface area contributed by atoms with Crippen molar-refractivity contribution in [3.05, 3.63) is 5.82 Å². The molecule has 1 heterocycles. The maximum atomic E-state index is 11.6. The van der Waals surface area contributed by atoms with Crippen LogP contribution in [0.25, 0.3) is 0 Å². The molecule has 0 bridgehead atoms. The van der Waals surface area contributed by atoms with Gasteiger partial charge in [0.2, 0.25) is 11.8 Å². The molecular weight excluding hydrogens is 224 g/mol. The SMILES string of the molecule is CN(C)CC(C)(O)CNC(=O)c1nc(N)n[nH]1. The lowest BCUT2D eigenvalue weighted by Crippen LogP contribution is -2.47. The Hall–Kier alpha value is -1.67. The number of anilines is 1. The van der Waals surface area contributed by atoms with Crippen molar-refractivity contribution < 1.29 is 9.90 Å². The number of aromatic amines is 1. The summed E-state index contributed by atoms with van der Waals surface area (Å²) >= 11 is 0. The highest BCUT2D eigenvalue weighted by Gasteiger charge is 2.23. The summed E-state index contributed by atoms with van der Waals surface area (Å²) < 4.78 is 0. The topological polar surface area (TPSA) is 120 Å². The lowest BCUT2D eigenvalue weighted by molar-refractivity contribution is 0.0324. The van der Waals surface area contributed by atoms with Crippen molar-refractivity contribution in [2.75, 3.05) is 32.9 Å². The normalized spacial score (nSPS) is 14.6. The van der Waals surface area contributed by atoms with Gasteiger partial charge in [0.1, 0.15) is 0 Å². The number of amides is 1. The Bertz CT molecular complexity index is 387. The Labute approximate surface area is 99.2 Å². The number of aliphatic hydroxyl groups is 1. The molecule has 0 aliphatic heterocycles. The van der Waals surface area contributed by atoms with Crippen LogP contribution in [0, 0.1) is 0 Å². The summed E-state index contributed by atoms with van der Waals surface area (Å²) in [5.74, 6) is -0.411. The Kier molecular flexibility index (Phi) is 4.02. The fourth-order valence-electron chi connectivity index (χ4n) is 1.47. The van der Waals surface area contributed by atoms with Crippen LogP contribution in [-0.2, 0) is 0 Å². The van der Waals surface area contributed by atoms with Crippen molar-refractivity contribution in [2.45, 2.75) is 12.5 Å². The number of rotatable bonds is 5. The van der Waals surface area contributed by atoms with E-state index in [2.05, 4.69) is 20.5 Å². The number of H-pyrrole nitrogens is 1. The zero-order chi connectivity index (χ0) is 13.1. The highest BCUT2D eigenvalue weighted by molar-refractivity contribution is 5.90. The third-order valence-electron chi connectivity index (χ3n) is 2.00. The van der Waals surface area contributed by atoms with E-state index in [0.29, 0.717) is 6.54 Å². The van der Waals surface area contributed by atoms with E-state index in [0.717, 1.165) is 0 Å². The molecule has 8 heteroatoms. The highest BCUT2D eigenvalue weighted by atomic mass is 16.3. The smallest absolute Gasteiger partial charge is 0.288 e. The molecule has 0 aliphatic rings. The van der Waals surface area contributed by atoms with Gasteiger partial charge in [0, 0.05) is 13.1 Å². The first-order valence-corrected chi connectivity index (χ1v) is 5.13. The number of nitrogens with one attached hydrogen (secondary N) is 2. The predicted octanol–water partition coefficient (Wildman–Crippen LogP) is -1.57. The Balaban J connectivity index is 2.48. The van der Waals surface area contributed by atoms with E-state index in [1.54, 1.807) is 6.92 Å². The molecule has 5 N–H and O–H groups in total. The first kappa shape index (κ1) is 13.4. The minimum absolute atomic E-state index is 0.00945. The van der Waals surface area contributed by atoms with Gasteiger partial charge < -0.3 is 21.1 Å². The molecule has 1 rings (SSSR count). The molecule has 1 aromatic heterocycles. The van der Waals surface area contributed by atoms with Crippen LogP contribution >= 0.6 is 0 Å². The van der Waals surface area contributed by atoms with Gasteiger partial charge in [-0.05, 0) is 21.0 Å². The van der Waals surface area contributed by atoms with Crippen LogP contribution in [0.5, 0.6) is 0 Å². The summed E-state index contributed by atoms with van der Waals surface area (Å²) in [6, 6.07) is 0. The Morgan fingerprint density at radius 1 is 1.65 bits per heavy atom. The van der Waals surface area contributed by atoms with Gasteiger partial charge in [-0.15, -0.1) is 5.10 Å². The largest absolute Gasteiger partial charge is 0.387 e. The van der Waals surface area contributed by atoms with Crippen LogP contribution in [0.3, 0.4) is 0 Å². The van der Waals surface area contributed by atoms with Crippen LogP contribution in [0.2, 0.25) is 0 Å². The summed E-state index contributed by atoms with van der Waals surface area (Å²) in [5, 5.41) is 18.4. The lowest BCUT2D eigenvalue weighted by atomic mass is 10.1. The van der Waals surface area contributed by atoms with E-state index < -0.39 is 11.5 Å². The molecule has 17 heavy (non-hydrogen) atoms. The number of nitrogens with zero attached hydrogens (tertiary/aromatic N) is 3. The minimum atomic E-state index is -1.01. The minimum Gasteiger partial charge on any atom is -0.387 e. The van der Waals surface area contributed by atoms with Gasteiger partial charge >= 0.3 is 0 Å². The fourth-order valence-corrected chi connectivity index (χ4v) is 1.47. The van der Waals surface area contributed by atoms with Crippen molar-refractivity contribution in [3.8, 4) is 0 Å². The second-order valence-electron chi connectivity index (χ2n) is 4.46. The molecule has 8 nitrogen and oxygen atoms in total. The number of carbonyl (C=O) groups is 1. The fraction of sp³-hybridized carbons (Fsp3) is 0.667. The molecule has 1 amide bonds. The number of nitrogens with two attached hydrogens (primary N) is 1. The van der Waals surface area contributed by atoms with E-state index in [1.165, 1.54) is 0 Å². The molecule has 0 radical (unpaired) electrons. The second-order valence-corrected chi connectivity index (χ2v) is 4.46. The highest BCUT2D eigenvalue weighted by Crippen LogP contribution is 2.03. The average Bonchev–Trinajstić information content (AvgIpc) is 2.59. The summed E-state index contributed by atoms with van der Waals surface area (Å²) in [7, 11) is 3.68. The summed E-state index contributed by atoms with van der Waals surface area (Å²) in [4.78, 5) is 17.1. The van der Waals surface area contributed by atoms with Crippen molar-refractivity contribution in [1.29, 1.82) is 0 Å². The van der Waals surface area contributed by atoms with E-state index in [1.807, 2.05) is 19.0 Å². The standard InChI is InChI=1S/C9H18N6O2/c1-9(17,5-15(2)3)4-11-7(16)6-12-8(10)14-13-6/h17H,4-5H2,1-3H3,(H,11,16)(H3,10,12,13,14). The molecule has 0 aromatic carbocycles. The number of hydrogen-bond donors (Lipinski definition) is 4. The van der Waals surface area contributed by atoms with Crippen molar-refractivity contribution in [3.63, 3.8) is 0 Å². The van der Waals surface area contributed by atoms with Crippen LogP contribution in [0.1, 0.15) is 17.5 Å². The summed E-state index contributed by atoms with van der Waals surface area (Å²) in [6.45, 7) is 2.19. The van der Waals surface area contributed by atoms with E-state index in [9.17, 15) is 9.90 Å². The first-order chi connectivity index (χ1) is 7.80. The third kappa shape index (κ3) is 4.37. The lowest BCUT2D eigenvalue weighted by Gasteiger charge is -2.26. The quantitative estimate of drug-likeness (QED) is 0.495. The van der Waals surface area contributed by atoms with Gasteiger partial charge in [-0.2, -0.15) is 4.98 Å². The number of nitrogen functional groups attached to an aromatic ring is 1. The first-order valence-electron chi connectivity index (χ1n) is 5.13. The molecule has 1 aromatic rings. The van der Waals surface area contributed by atoms with Crippen molar-refractivity contribution in [2.24, 2.45) is 0 Å². The van der Waals surface area contributed by atoms with Crippen molar-refractivity contribution >= 4 is 11.9 Å².